The number of Topliss-reactive ketones (excluding diaryl/α,β-unsaturated/α-hetero) is 1. The number of aromatic nitrogens is 1. The molecule has 1 aromatic heterocycles. The normalized spacial score (nSPS) is 9.89. The fraction of sp³-hybridized carbons (Fsp3) is 0.143. The number of carbonyl (C=O) groups excluding carboxylic acids is 1. The fourth-order valence-corrected chi connectivity index (χ4v) is 1.65. The van der Waals surface area contributed by atoms with Crippen molar-refractivity contribution in [3.63, 3.8) is 0 Å². The Hall–Kier alpha value is -2.36. The van der Waals surface area contributed by atoms with Crippen molar-refractivity contribution in [1.82, 2.24) is 4.98 Å². The number of rotatable bonds is 4. The Labute approximate surface area is 105 Å². The van der Waals surface area contributed by atoms with E-state index in [0.29, 0.717) is 22.8 Å². The third kappa shape index (κ3) is 2.48. The fourth-order valence-electron chi connectivity index (χ4n) is 1.65. The zero-order chi connectivity index (χ0) is 13.0. The topological polar surface area (TPSA) is 48.4 Å². The first kappa shape index (κ1) is 12.1. The summed E-state index contributed by atoms with van der Waals surface area (Å²) >= 11 is 0. The zero-order valence-corrected chi connectivity index (χ0v) is 10.2. The number of pyridine rings is 1. The van der Waals surface area contributed by atoms with Crippen molar-refractivity contribution < 1.29 is 14.3 Å². The van der Waals surface area contributed by atoms with Gasteiger partial charge < -0.3 is 9.47 Å². The maximum absolute atomic E-state index is 11.7. The quantitative estimate of drug-likeness (QED) is 0.774. The third-order valence-corrected chi connectivity index (χ3v) is 2.42. The zero-order valence-electron chi connectivity index (χ0n) is 10.2. The Bertz CT molecular complexity index is 552. The van der Waals surface area contributed by atoms with Crippen molar-refractivity contribution in [2.45, 2.75) is 6.92 Å². The van der Waals surface area contributed by atoms with Gasteiger partial charge in [0.05, 0.1) is 13.3 Å². The number of nitrogens with zero attached hydrogens (tertiary/aromatic N) is 1. The van der Waals surface area contributed by atoms with E-state index >= 15 is 0 Å². The molecule has 0 unspecified atom stereocenters. The van der Waals surface area contributed by atoms with Crippen LogP contribution in [0.25, 0.3) is 0 Å². The Morgan fingerprint density at radius 1 is 1.17 bits per heavy atom. The molecule has 4 nitrogen and oxygen atoms in total. The number of carbonyl (C=O) groups is 1. The van der Waals surface area contributed by atoms with Crippen molar-refractivity contribution >= 4 is 5.78 Å². The van der Waals surface area contributed by atoms with Gasteiger partial charge in [-0.1, -0.05) is 6.07 Å². The first-order chi connectivity index (χ1) is 8.72. The summed E-state index contributed by atoms with van der Waals surface area (Å²) in [5, 5.41) is 0. The molecule has 2 aromatic rings. The summed E-state index contributed by atoms with van der Waals surface area (Å²) in [6.45, 7) is 1.48. The highest BCUT2D eigenvalue weighted by atomic mass is 16.5. The van der Waals surface area contributed by atoms with E-state index in [1.807, 2.05) is 0 Å². The molecule has 0 aliphatic carbocycles. The van der Waals surface area contributed by atoms with E-state index < -0.39 is 0 Å². The molecule has 0 saturated heterocycles. The molecule has 0 aliphatic rings. The molecule has 1 aromatic carbocycles. The number of hydrogen-bond donors (Lipinski definition) is 0. The van der Waals surface area contributed by atoms with Crippen LogP contribution in [-0.2, 0) is 0 Å². The molecular formula is C14H13NO3. The Morgan fingerprint density at radius 3 is 2.56 bits per heavy atom. The highest BCUT2D eigenvalue weighted by molar-refractivity contribution is 5.99. The molecule has 2 rings (SSSR count). The average Bonchev–Trinajstić information content (AvgIpc) is 2.39. The van der Waals surface area contributed by atoms with E-state index in [9.17, 15) is 4.79 Å². The minimum Gasteiger partial charge on any atom is -0.496 e. The highest BCUT2D eigenvalue weighted by Gasteiger charge is 2.15. The van der Waals surface area contributed by atoms with Gasteiger partial charge in [0, 0.05) is 6.20 Å². The smallest absolute Gasteiger partial charge is 0.167 e. The van der Waals surface area contributed by atoms with Crippen molar-refractivity contribution in [3.05, 3.63) is 48.3 Å². The van der Waals surface area contributed by atoms with E-state index in [1.165, 1.54) is 14.0 Å². The summed E-state index contributed by atoms with van der Waals surface area (Å²) in [4.78, 5) is 15.6. The first-order valence-corrected chi connectivity index (χ1v) is 5.48. The van der Waals surface area contributed by atoms with Gasteiger partial charge in [-0.15, -0.1) is 0 Å². The Kier molecular flexibility index (Phi) is 3.57. The molecule has 0 spiro atoms. The maximum Gasteiger partial charge on any atom is 0.167 e. The molecule has 4 heteroatoms. The molecule has 18 heavy (non-hydrogen) atoms. The van der Waals surface area contributed by atoms with E-state index in [-0.39, 0.29) is 5.78 Å². The maximum atomic E-state index is 11.7. The minimum atomic E-state index is -0.105. The molecule has 0 fully saturated rings. The van der Waals surface area contributed by atoms with E-state index in [2.05, 4.69) is 4.98 Å². The van der Waals surface area contributed by atoms with Gasteiger partial charge in [-0.25, -0.2) is 0 Å². The summed E-state index contributed by atoms with van der Waals surface area (Å²) in [6.07, 6.45) is 3.24. The van der Waals surface area contributed by atoms with Gasteiger partial charge in [-0.05, 0) is 31.2 Å². The second kappa shape index (κ2) is 5.31. The van der Waals surface area contributed by atoms with Crippen LogP contribution in [0.3, 0.4) is 0 Å². The highest BCUT2D eigenvalue weighted by Crippen LogP contribution is 2.31. The SMILES string of the molecule is COc1cccc(Oc2cccnc2)c1C(C)=O. The van der Waals surface area contributed by atoms with Crippen LogP contribution < -0.4 is 9.47 Å². The predicted octanol–water partition coefficient (Wildman–Crippen LogP) is 3.09. The third-order valence-electron chi connectivity index (χ3n) is 2.42. The minimum absolute atomic E-state index is 0.105. The lowest BCUT2D eigenvalue weighted by atomic mass is 10.1. The van der Waals surface area contributed by atoms with Crippen molar-refractivity contribution in [3.8, 4) is 17.2 Å². The van der Waals surface area contributed by atoms with Crippen LogP contribution in [0.1, 0.15) is 17.3 Å². The van der Waals surface area contributed by atoms with Crippen molar-refractivity contribution in [2.24, 2.45) is 0 Å². The Balaban J connectivity index is 2.42. The van der Waals surface area contributed by atoms with E-state index in [4.69, 9.17) is 9.47 Å². The molecular weight excluding hydrogens is 230 g/mol. The molecule has 0 radical (unpaired) electrons. The van der Waals surface area contributed by atoms with E-state index in [0.717, 1.165) is 0 Å². The second-order valence-electron chi connectivity index (χ2n) is 3.68. The van der Waals surface area contributed by atoms with Crippen LogP contribution in [0.15, 0.2) is 42.7 Å². The number of benzene rings is 1. The lowest BCUT2D eigenvalue weighted by Gasteiger charge is -2.12. The predicted molar refractivity (Wildman–Crippen MR) is 67.3 cm³/mol. The number of methoxy groups -OCH3 is 1. The lowest BCUT2D eigenvalue weighted by molar-refractivity contribution is 0.101. The Morgan fingerprint density at radius 2 is 1.94 bits per heavy atom. The monoisotopic (exact) mass is 243 g/mol. The van der Waals surface area contributed by atoms with Crippen molar-refractivity contribution in [1.29, 1.82) is 0 Å². The first-order valence-electron chi connectivity index (χ1n) is 5.48. The van der Waals surface area contributed by atoms with Gasteiger partial charge in [0.2, 0.25) is 0 Å². The van der Waals surface area contributed by atoms with Gasteiger partial charge in [-0.2, -0.15) is 0 Å². The van der Waals surface area contributed by atoms with Gasteiger partial charge in [0.1, 0.15) is 22.8 Å². The van der Waals surface area contributed by atoms with Gasteiger partial charge in [0.25, 0.3) is 0 Å². The molecule has 0 amide bonds. The molecule has 0 aliphatic heterocycles. The van der Waals surface area contributed by atoms with Crippen LogP contribution in [0.5, 0.6) is 17.2 Å². The van der Waals surface area contributed by atoms with Crippen LogP contribution >= 0.6 is 0 Å². The number of ether oxygens (including phenoxy) is 2. The lowest BCUT2D eigenvalue weighted by Crippen LogP contribution is -2.01. The standard InChI is InChI=1S/C14H13NO3/c1-10(16)14-12(17-2)6-3-7-13(14)18-11-5-4-8-15-9-11/h3-9H,1-2H3. The van der Waals surface area contributed by atoms with Crippen LogP contribution in [0.2, 0.25) is 0 Å². The van der Waals surface area contributed by atoms with Crippen molar-refractivity contribution in [2.75, 3.05) is 7.11 Å². The second-order valence-corrected chi connectivity index (χ2v) is 3.68. The van der Waals surface area contributed by atoms with Crippen LogP contribution in [-0.4, -0.2) is 17.9 Å². The van der Waals surface area contributed by atoms with E-state index in [1.54, 1.807) is 42.7 Å². The van der Waals surface area contributed by atoms with Gasteiger partial charge in [-0.3, -0.25) is 9.78 Å². The molecule has 92 valence electrons. The summed E-state index contributed by atoms with van der Waals surface area (Å²) in [6, 6.07) is 8.77. The molecule has 0 atom stereocenters. The molecule has 0 N–H and O–H groups in total. The van der Waals surface area contributed by atoms with Gasteiger partial charge in [0.15, 0.2) is 5.78 Å². The summed E-state index contributed by atoms with van der Waals surface area (Å²) in [5.41, 5.74) is 0.434. The number of hydrogen-bond acceptors (Lipinski definition) is 4. The number of ketones is 1. The summed E-state index contributed by atoms with van der Waals surface area (Å²) < 4.78 is 10.8. The molecule has 0 bridgehead atoms. The largest absolute Gasteiger partial charge is 0.496 e. The van der Waals surface area contributed by atoms with Crippen LogP contribution in [0.4, 0.5) is 0 Å². The molecule has 1 heterocycles. The average molecular weight is 243 g/mol. The molecule has 0 saturated carbocycles. The summed E-state index contributed by atoms with van der Waals surface area (Å²) in [7, 11) is 1.52. The van der Waals surface area contributed by atoms with Gasteiger partial charge >= 0.3 is 0 Å². The summed E-state index contributed by atoms with van der Waals surface area (Å²) in [5.74, 6) is 1.44. The van der Waals surface area contributed by atoms with Crippen LogP contribution in [0, 0.1) is 0 Å².